The Labute approximate surface area is 105 Å². The summed E-state index contributed by atoms with van der Waals surface area (Å²) in [5, 5.41) is 14.8. The quantitative estimate of drug-likeness (QED) is 0.786. The van der Waals surface area contributed by atoms with Crippen LogP contribution in [-0.2, 0) is 4.74 Å². The summed E-state index contributed by atoms with van der Waals surface area (Å²) < 4.78 is 5.60. The van der Waals surface area contributed by atoms with Crippen LogP contribution >= 0.6 is 0 Å². The maximum atomic E-state index is 7.52. The van der Waals surface area contributed by atoms with E-state index in [1.54, 1.807) is 12.1 Å². The number of hydrogen-bond donors (Lipinski definition) is 2. The van der Waals surface area contributed by atoms with E-state index in [1.807, 2.05) is 6.92 Å². The molecule has 18 heavy (non-hydrogen) atoms. The molecule has 7 heteroatoms. The summed E-state index contributed by atoms with van der Waals surface area (Å²) in [5.74, 6) is 0.761. The van der Waals surface area contributed by atoms with Crippen LogP contribution in [0.3, 0.4) is 0 Å². The fraction of sp³-hybridized carbons (Fsp3) is 0.636. The third kappa shape index (κ3) is 2.73. The van der Waals surface area contributed by atoms with Crippen molar-refractivity contribution in [3.63, 3.8) is 0 Å². The number of ether oxygens (including phenoxy) is 1. The highest BCUT2D eigenvalue weighted by molar-refractivity contribution is 5.36. The van der Waals surface area contributed by atoms with Crippen LogP contribution in [0.4, 0.5) is 5.82 Å². The van der Waals surface area contributed by atoms with Crippen molar-refractivity contribution >= 4 is 5.82 Å². The second kappa shape index (κ2) is 5.72. The Kier molecular flexibility index (Phi) is 4.03. The van der Waals surface area contributed by atoms with Gasteiger partial charge in [0.1, 0.15) is 0 Å². The molecule has 1 aromatic heterocycles. The Balaban J connectivity index is 2.05. The van der Waals surface area contributed by atoms with Gasteiger partial charge in [-0.25, -0.2) is 0 Å². The van der Waals surface area contributed by atoms with Gasteiger partial charge in [0.25, 0.3) is 0 Å². The summed E-state index contributed by atoms with van der Waals surface area (Å²) in [6.07, 6.45) is 2.31. The molecule has 0 amide bonds. The molecular weight excluding hydrogens is 232 g/mol. The lowest BCUT2D eigenvalue weighted by Crippen LogP contribution is -2.38. The van der Waals surface area contributed by atoms with E-state index >= 15 is 0 Å². The SMILES string of the molecule is CCOC1CCN(c2ccc(=N)n(N=N)n2)CC1. The maximum Gasteiger partial charge on any atom is 0.168 e. The van der Waals surface area contributed by atoms with Crippen molar-refractivity contribution in [1.82, 2.24) is 9.89 Å². The Morgan fingerprint density at radius 1 is 1.44 bits per heavy atom. The van der Waals surface area contributed by atoms with E-state index in [2.05, 4.69) is 15.2 Å². The number of nitrogens with zero attached hydrogens (tertiary/aromatic N) is 4. The van der Waals surface area contributed by atoms with Crippen LogP contribution in [0.1, 0.15) is 19.8 Å². The molecule has 0 aliphatic carbocycles. The number of aromatic nitrogens is 2. The van der Waals surface area contributed by atoms with Gasteiger partial charge < -0.3 is 9.64 Å². The smallest absolute Gasteiger partial charge is 0.168 e. The van der Waals surface area contributed by atoms with Crippen LogP contribution in [0.25, 0.3) is 0 Å². The van der Waals surface area contributed by atoms with Crippen molar-refractivity contribution in [1.29, 1.82) is 10.9 Å². The minimum absolute atomic E-state index is 0.109. The van der Waals surface area contributed by atoms with Crippen LogP contribution < -0.4 is 10.4 Å². The minimum Gasteiger partial charge on any atom is -0.378 e. The predicted molar refractivity (Wildman–Crippen MR) is 65.5 cm³/mol. The molecule has 98 valence electrons. The number of hydrogen-bond acceptors (Lipinski definition) is 6. The van der Waals surface area contributed by atoms with Crippen molar-refractivity contribution in [3.8, 4) is 0 Å². The summed E-state index contributed by atoms with van der Waals surface area (Å²) in [7, 11) is 0. The van der Waals surface area contributed by atoms with Crippen molar-refractivity contribution in [2.24, 2.45) is 5.22 Å². The zero-order valence-corrected chi connectivity index (χ0v) is 10.5. The lowest BCUT2D eigenvalue weighted by molar-refractivity contribution is 0.0458. The lowest BCUT2D eigenvalue weighted by Gasteiger charge is -2.32. The van der Waals surface area contributed by atoms with Crippen molar-refractivity contribution in [3.05, 3.63) is 17.6 Å². The van der Waals surface area contributed by atoms with Crippen LogP contribution in [0, 0.1) is 10.9 Å². The highest BCUT2D eigenvalue weighted by Gasteiger charge is 2.20. The first-order valence-corrected chi connectivity index (χ1v) is 6.14. The predicted octanol–water partition coefficient (Wildman–Crippen LogP) is 1.16. The van der Waals surface area contributed by atoms with Gasteiger partial charge in [-0.2, -0.15) is 5.53 Å². The number of piperidine rings is 1. The molecule has 1 aliphatic rings. The standard InChI is InChI=1S/C11H18N6O/c1-2-18-9-5-7-16(8-6-9)11-4-3-10(12)17(14-11)15-13/h3-4,9,12-13H,2,5-8H2,1H3. The van der Waals surface area contributed by atoms with E-state index in [1.165, 1.54) is 0 Å². The molecule has 0 aromatic carbocycles. The van der Waals surface area contributed by atoms with E-state index in [0.717, 1.165) is 43.1 Å². The molecule has 2 rings (SSSR count). The second-order valence-electron chi connectivity index (χ2n) is 4.21. The Hall–Kier alpha value is -1.76. The molecule has 2 heterocycles. The fourth-order valence-corrected chi connectivity index (χ4v) is 2.14. The number of nitrogens with one attached hydrogen (secondary N) is 2. The molecular formula is C11H18N6O. The molecule has 0 spiro atoms. The second-order valence-corrected chi connectivity index (χ2v) is 4.21. The summed E-state index contributed by atoms with van der Waals surface area (Å²) in [4.78, 5) is 3.15. The first kappa shape index (κ1) is 12.7. The van der Waals surface area contributed by atoms with Gasteiger partial charge in [-0.15, -0.1) is 9.89 Å². The van der Waals surface area contributed by atoms with Crippen LogP contribution in [-0.4, -0.2) is 35.7 Å². The normalized spacial score (nSPS) is 16.8. The van der Waals surface area contributed by atoms with Gasteiger partial charge in [-0.3, -0.25) is 5.41 Å². The first-order chi connectivity index (χ1) is 8.74. The number of rotatable bonds is 4. The highest BCUT2D eigenvalue weighted by atomic mass is 16.5. The summed E-state index contributed by atoms with van der Waals surface area (Å²) in [6, 6.07) is 3.40. The van der Waals surface area contributed by atoms with Crippen molar-refractivity contribution < 1.29 is 4.74 Å². The third-order valence-electron chi connectivity index (χ3n) is 3.07. The fourth-order valence-electron chi connectivity index (χ4n) is 2.14. The van der Waals surface area contributed by atoms with Crippen LogP contribution in [0.5, 0.6) is 0 Å². The van der Waals surface area contributed by atoms with Gasteiger partial charge >= 0.3 is 0 Å². The molecule has 1 saturated heterocycles. The Morgan fingerprint density at radius 2 is 2.17 bits per heavy atom. The Bertz CT molecular complexity index is 463. The summed E-state index contributed by atoms with van der Waals surface area (Å²) in [6.45, 7) is 4.54. The molecule has 1 fully saturated rings. The van der Waals surface area contributed by atoms with Gasteiger partial charge in [0, 0.05) is 19.7 Å². The van der Waals surface area contributed by atoms with Gasteiger partial charge in [0.05, 0.1) is 6.10 Å². The molecule has 0 atom stereocenters. The largest absolute Gasteiger partial charge is 0.378 e. The van der Waals surface area contributed by atoms with Crippen LogP contribution in [0.2, 0.25) is 0 Å². The Morgan fingerprint density at radius 3 is 2.78 bits per heavy atom. The third-order valence-corrected chi connectivity index (χ3v) is 3.07. The van der Waals surface area contributed by atoms with E-state index in [9.17, 15) is 0 Å². The molecule has 1 aromatic rings. The minimum atomic E-state index is 0.109. The molecule has 0 saturated carbocycles. The van der Waals surface area contributed by atoms with E-state index in [-0.39, 0.29) is 5.49 Å². The maximum absolute atomic E-state index is 7.52. The summed E-state index contributed by atoms with van der Waals surface area (Å²) in [5.41, 5.74) is 7.06. The molecule has 0 radical (unpaired) electrons. The monoisotopic (exact) mass is 250 g/mol. The molecule has 2 N–H and O–H groups in total. The van der Waals surface area contributed by atoms with E-state index in [4.69, 9.17) is 15.7 Å². The zero-order valence-electron chi connectivity index (χ0n) is 10.5. The van der Waals surface area contributed by atoms with Gasteiger partial charge in [0.15, 0.2) is 11.3 Å². The van der Waals surface area contributed by atoms with Crippen molar-refractivity contribution in [2.45, 2.75) is 25.9 Å². The molecule has 1 aliphatic heterocycles. The van der Waals surface area contributed by atoms with Gasteiger partial charge in [-0.05, 0) is 31.9 Å². The van der Waals surface area contributed by atoms with Gasteiger partial charge in [-0.1, -0.05) is 5.22 Å². The van der Waals surface area contributed by atoms with Crippen LogP contribution in [0.15, 0.2) is 17.4 Å². The van der Waals surface area contributed by atoms with Gasteiger partial charge in [0.2, 0.25) is 0 Å². The zero-order chi connectivity index (χ0) is 13.0. The highest BCUT2D eigenvalue weighted by Crippen LogP contribution is 2.18. The lowest BCUT2D eigenvalue weighted by atomic mass is 10.1. The number of anilines is 1. The van der Waals surface area contributed by atoms with E-state index < -0.39 is 0 Å². The van der Waals surface area contributed by atoms with Crippen molar-refractivity contribution in [2.75, 3.05) is 24.6 Å². The molecule has 0 bridgehead atoms. The first-order valence-electron chi connectivity index (χ1n) is 6.14. The summed E-state index contributed by atoms with van der Waals surface area (Å²) >= 11 is 0. The average molecular weight is 250 g/mol. The molecule has 0 unspecified atom stereocenters. The topological polar surface area (TPSA) is 90.4 Å². The van der Waals surface area contributed by atoms with E-state index in [0.29, 0.717) is 6.10 Å². The average Bonchev–Trinajstić information content (AvgIpc) is 2.41. The molecule has 7 nitrogen and oxygen atoms in total.